The first-order valence-electron chi connectivity index (χ1n) is 13.2. The molecule has 35 heavy (non-hydrogen) atoms. The van der Waals surface area contributed by atoms with E-state index in [9.17, 15) is 19.2 Å². The summed E-state index contributed by atoms with van der Waals surface area (Å²) in [4.78, 5) is 50.2. The number of aldehydes is 1. The van der Waals surface area contributed by atoms with Gasteiger partial charge in [0.25, 0.3) is 0 Å². The molecule has 1 unspecified atom stereocenters. The van der Waals surface area contributed by atoms with Gasteiger partial charge in [-0.2, -0.15) is 0 Å². The molecule has 7 heteroatoms. The van der Waals surface area contributed by atoms with Gasteiger partial charge in [-0.05, 0) is 93.0 Å². The van der Waals surface area contributed by atoms with Crippen LogP contribution in [-0.2, 0) is 25.7 Å². The zero-order chi connectivity index (χ0) is 25.0. The number of carbonyl (C=O) groups excluding carboxylic acids is 4. The van der Waals surface area contributed by atoms with Crippen molar-refractivity contribution in [1.29, 1.82) is 0 Å². The third-order valence-corrected chi connectivity index (χ3v) is 8.77. The summed E-state index contributed by atoms with van der Waals surface area (Å²) in [6.45, 7) is 6.56. The van der Waals surface area contributed by atoms with Gasteiger partial charge in [0.15, 0.2) is 0 Å². The zero-order valence-corrected chi connectivity index (χ0v) is 21.1. The maximum Gasteiger partial charge on any atom is 0.249 e. The molecule has 3 amide bonds. The lowest BCUT2D eigenvalue weighted by Crippen LogP contribution is -2.57. The molecule has 1 spiro atoms. The lowest BCUT2D eigenvalue weighted by atomic mass is 9.50. The van der Waals surface area contributed by atoms with E-state index in [-0.39, 0.29) is 0 Å². The summed E-state index contributed by atoms with van der Waals surface area (Å²) in [5.41, 5.74) is 3.92. The Bertz CT molecular complexity index is 926. The molecule has 190 valence electrons. The molecule has 1 atom stereocenters. The minimum Gasteiger partial charge on any atom is -0.329 e. The summed E-state index contributed by atoms with van der Waals surface area (Å²) >= 11 is 0. The van der Waals surface area contributed by atoms with Crippen LogP contribution in [-0.4, -0.2) is 60.0 Å². The summed E-state index contributed by atoms with van der Waals surface area (Å²) in [6.07, 6.45) is 10.5. The van der Waals surface area contributed by atoms with Crippen LogP contribution in [0, 0.1) is 18.3 Å². The average Bonchev–Trinajstić information content (AvgIpc) is 2.81. The van der Waals surface area contributed by atoms with Crippen molar-refractivity contribution in [3.63, 3.8) is 0 Å². The number of carbonyl (C=O) groups is 4. The Kier molecular flexibility index (Phi) is 8.05. The average molecular weight is 482 g/mol. The number of nitrogens with zero attached hydrogens (tertiary/aromatic N) is 2. The lowest BCUT2D eigenvalue weighted by Gasteiger charge is -2.59. The fourth-order valence-electron chi connectivity index (χ4n) is 6.69. The van der Waals surface area contributed by atoms with E-state index in [1.54, 1.807) is 0 Å². The number of benzene rings is 1. The minimum atomic E-state index is -0.655. The molecule has 3 fully saturated rings. The van der Waals surface area contributed by atoms with Gasteiger partial charge in [-0.15, -0.1) is 0 Å². The second-order valence-corrected chi connectivity index (χ2v) is 11.1. The summed E-state index contributed by atoms with van der Waals surface area (Å²) < 4.78 is 0. The van der Waals surface area contributed by atoms with Crippen LogP contribution in [0.3, 0.4) is 0 Å². The summed E-state index contributed by atoms with van der Waals surface area (Å²) in [5, 5.41) is 2.21. The first-order chi connectivity index (χ1) is 16.9. The van der Waals surface area contributed by atoms with Crippen LogP contribution in [0.1, 0.15) is 80.9 Å². The quantitative estimate of drug-likeness (QED) is 0.490. The highest BCUT2D eigenvalue weighted by atomic mass is 16.2. The highest BCUT2D eigenvalue weighted by Gasteiger charge is 2.54. The van der Waals surface area contributed by atoms with Crippen molar-refractivity contribution in [2.45, 2.75) is 89.8 Å². The molecule has 7 nitrogen and oxygen atoms in total. The van der Waals surface area contributed by atoms with E-state index in [2.05, 4.69) is 28.4 Å². The van der Waals surface area contributed by atoms with Gasteiger partial charge in [0, 0.05) is 18.5 Å². The number of amides is 3. The molecule has 2 saturated carbocycles. The first kappa shape index (κ1) is 25.5. The van der Waals surface area contributed by atoms with Crippen LogP contribution in [0.2, 0.25) is 0 Å². The number of rotatable bonds is 11. The van der Waals surface area contributed by atoms with Crippen molar-refractivity contribution in [3.8, 4) is 0 Å². The maximum atomic E-state index is 12.4. The fourth-order valence-corrected chi connectivity index (χ4v) is 6.69. The van der Waals surface area contributed by atoms with E-state index in [4.69, 9.17) is 0 Å². The summed E-state index contributed by atoms with van der Waals surface area (Å²) in [6, 6.07) is 6.57. The first-order valence-corrected chi connectivity index (χ1v) is 13.2. The number of piperidine rings is 1. The van der Waals surface area contributed by atoms with E-state index in [0.717, 1.165) is 69.0 Å². The number of imide groups is 1. The zero-order valence-electron chi connectivity index (χ0n) is 21.1. The van der Waals surface area contributed by atoms with Crippen molar-refractivity contribution in [1.82, 2.24) is 15.1 Å². The number of nitrogens with one attached hydrogen (secondary N) is 1. The molecule has 2 aliphatic carbocycles. The normalized spacial score (nSPS) is 27.4. The topological polar surface area (TPSA) is 86.8 Å². The standard InChI is InChI=1S/C28H39N3O4/c1-3-4-26(27(35)29-18-33)31(19-34)16-24-11-23(6-5-20(24)2)22-7-9-30(10-8-22)25-14-28(15-25)12-21(13-28)17-32/h5-6,11,17-19,21-22,25-26H,3-4,7-10,12-16H2,1-2H3,(H,29,33,35). The number of hydrogen-bond donors (Lipinski definition) is 1. The molecule has 0 aromatic heterocycles. The predicted octanol–water partition coefficient (Wildman–Crippen LogP) is 3.33. The predicted molar refractivity (Wildman–Crippen MR) is 133 cm³/mol. The van der Waals surface area contributed by atoms with Crippen LogP contribution in [0.25, 0.3) is 0 Å². The van der Waals surface area contributed by atoms with Crippen molar-refractivity contribution >= 4 is 25.0 Å². The molecule has 1 N–H and O–H groups in total. The van der Waals surface area contributed by atoms with Crippen molar-refractivity contribution in [2.75, 3.05) is 13.1 Å². The number of aryl methyl sites for hydroxylation is 1. The Morgan fingerprint density at radius 2 is 1.89 bits per heavy atom. The second kappa shape index (κ2) is 11.0. The molecule has 0 radical (unpaired) electrons. The molecule has 1 aromatic rings. The molecule has 0 bridgehead atoms. The van der Waals surface area contributed by atoms with Gasteiger partial charge in [-0.1, -0.05) is 31.5 Å². The smallest absolute Gasteiger partial charge is 0.249 e. The molecule has 1 heterocycles. The highest BCUT2D eigenvalue weighted by Crippen LogP contribution is 2.59. The maximum absolute atomic E-state index is 12.4. The van der Waals surface area contributed by atoms with Crippen LogP contribution < -0.4 is 5.32 Å². The van der Waals surface area contributed by atoms with Gasteiger partial charge in [0.1, 0.15) is 12.3 Å². The lowest BCUT2D eigenvalue weighted by molar-refractivity contribution is -0.135. The summed E-state index contributed by atoms with van der Waals surface area (Å²) in [5.74, 6) is 0.373. The van der Waals surface area contributed by atoms with Gasteiger partial charge < -0.3 is 14.6 Å². The van der Waals surface area contributed by atoms with Crippen LogP contribution >= 0.6 is 0 Å². The molecular weight excluding hydrogens is 442 g/mol. The minimum absolute atomic E-state index is 0.309. The Hall–Kier alpha value is -2.54. The second-order valence-electron chi connectivity index (χ2n) is 11.1. The Morgan fingerprint density at radius 3 is 2.49 bits per heavy atom. The fraction of sp³-hybridized carbons (Fsp3) is 0.643. The van der Waals surface area contributed by atoms with E-state index in [1.165, 1.54) is 23.3 Å². The Labute approximate surface area is 208 Å². The van der Waals surface area contributed by atoms with E-state index < -0.39 is 11.9 Å². The third kappa shape index (κ3) is 5.50. The van der Waals surface area contributed by atoms with Gasteiger partial charge in [0.2, 0.25) is 18.7 Å². The molecule has 4 rings (SSSR count). The van der Waals surface area contributed by atoms with Crippen LogP contribution in [0.4, 0.5) is 0 Å². The Balaban J connectivity index is 1.35. The van der Waals surface area contributed by atoms with E-state index in [1.807, 2.05) is 13.8 Å². The van der Waals surface area contributed by atoms with E-state index >= 15 is 0 Å². The molecule has 3 aliphatic rings. The van der Waals surface area contributed by atoms with Crippen LogP contribution in [0.5, 0.6) is 0 Å². The third-order valence-electron chi connectivity index (χ3n) is 8.77. The Morgan fingerprint density at radius 1 is 1.17 bits per heavy atom. The molecular formula is C28H39N3O4. The summed E-state index contributed by atoms with van der Waals surface area (Å²) in [7, 11) is 0. The molecule has 1 aliphatic heterocycles. The molecule has 1 saturated heterocycles. The van der Waals surface area contributed by atoms with Gasteiger partial charge >= 0.3 is 0 Å². The van der Waals surface area contributed by atoms with E-state index in [0.29, 0.717) is 42.7 Å². The van der Waals surface area contributed by atoms with Crippen molar-refractivity contribution in [3.05, 3.63) is 34.9 Å². The van der Waals surface area contributed by atoms with Gasteiger partial charge in [0.05, 0.1) is 0 Å². The van der Waals surface area contributed by atoms with Crippen LogP contribution in [0.15, 0.2) is 18.2 Å². The SMILES string of the molecule is CCCC(C(=O)NC=O)N(C=O)Cc1cc(C2CCN(C3CC4(CC(C=O)C4)C3)CC2)ccc1C. The number of hydrogen-bond acceptors (Lipinski definition) is 5. The molecule has 1 aromatic carbocycles. The largest absolute Gasteiger partial charge is 0.329 e. The highest BCUT2D eigenvalue weighted by molar-refractivity contribution is 5.91. The van der Waals surface area contributed by atoms with Crippen molar-refractivity contribution in [2.24, 2.45) is 11.3 Å². The van der Waals surface area contributed by atoms with Crippen molar-refractivity contribution < 1.29 is 19.2 Å². The monoisotopic (exact) mass is 481 g/mol. The van der Waals surface area contributed by atoms with Gasteiger partial charge in [-0.3, -0.25) is 19.7 Å². The van der Waals surface area contributed by atoms with Gasteiger partial charge in [-0.25, -0.2) is 0 Å². The number of likely N-dealkylation sites (tertiary alicyclic amines) is 1.